The van der Waals surface area contributed by atoms with Crippen molar-refractivity contribution in [2.45, 2.75) is 27.3 Å². The van der Waals surface area contributed by atoms with Crippen LogP contribution < -0.4 is 5.73 Å². The van der Waals surface area contributed by atoms with Crippen LogP contribution in [0.15, 0.2) is 18.2 Å². The van der Waals surface area contributed by atoms with E-state index in [1.54, 1.807) is 0 Å². The van der Waals surface area contributed by atoms with Crippen LogP contribution in [0.25, 0.3) is 0 Å². The second-order valence-electron chi connectivity index (χ2n) is 6.16. The van der Waals surface area contributed by atoms with Crippen molar-refractivity contribution in [1.82, 2.24) is 9.80 Å². The first-order valence-electron chi connectivity index (χ1n) is 7.34. The van der Waals surface area contributed by atoms with Gasteiger partial charge in [0, 0.05) is 45.0 Å². The van der Waals surface area contributed by atoms with E-state index in [-0.39, 0.29) is 0 Å². The molecule has 1 aliphatic heterocycles. The predicted molar refractivity (Wildman–Crippen MR) is 82.1 cm³/mol. The van der Waals surface area contributed by atoms with Crippen LogP contribution in [0.4, 0.5) is 5.69 Å². The molecule has 106 valence electrons. The molecule has 0 bridgehead atoms. The fourth-order valence-electron chi connectivity index (χ4n) is 2.75. The van der Waals surface area contributed by atoms with E-state index in [1.165, 1.54) is 43.9 Å². The number of rotatable bonds is 4. The summed E-state index contributed by atoms with van der Waals surface area (Å²) in [5.41, 5.74) is 9.48. The van der Waals surface area contributed by atoms with Gasteiger partial charge in [-0.05, 0) is 36.1 Å². The molecule has 0 unspecified atom stereocenters. The number of nitrogens with zero attached hydrogens (tertiary/aromatic N) is 2. The lowest BCUT2D eigenvalue weighted by Crippen LogP contribution is -2.46. The molecule has 1 aliphatic rings. The molecular weight excluding hydrogens is 234 g/mol. The highest BCUT2D eigenvalue weighted by Gasteiger charge is 2.17. The van der Waals surface area contributed by atoms with E-state index in [4.69, 9.17) is 5.73 Å². The van der Waals surface area contributed by atoms with Gasteiger partial charge in [0.15, 0.2) is 0 Å². The Hall–Kier alpha value is -1.06. The Balaban J connectivity index is 1.87. The summed E-state index contributed by atoms with van der Waals surface area (Å²) in [4.78, 5) is 5.12. The molecule has 0 amide bonds. The van der Waals surface area contributed by atoms with Crippen LogP contribution in [-0.4, -0.2) is 42.5 Å². The molecule has 0 radical (unpaired) electrons. The number of hydrogen-bond acceptors (Lipinski definition) is 3. The minimum atomic E-state index is 0.766. The van der Waals surface area contributed by atoms with E-state index in [0.717, 1.165) is 18.2 Å². The highest BCUT2D eigenvalue weighted by atomic mass is 15.3. The number of anilines is 1. The Morgan fingerprint density at radius 1 is 1.11 bits per heavy atom. The quantitative estimate of drug-likeness (QED) is 0.845. The Labute approximate surface area is 117 Å². The van der Waals surface area contributed by atoms with Crippen molar-refractivity contribution < 1.29 is 0 Å². The van der Waals surface area contributed by atoms with Crippen LogP contribution >= 0.6 is 0 Å². The summed E-state index contributed by atoms with van der Waals surface area (Å²) < 4.78 is 0. The average molecular weight is 261 g/mol. The molecule has 1 saturated heterocycles. The maximum Gasteiger partial charge on any atom is 0.0317 e. The van der Waals surface area contributed by atoms with Gasteiger partial charge in [0.1, 0.15) is 0 Å². The van der Waals surface area contributed by atoms with E-state index >= 15 is 0 Å². The first-order valence-corrected chi connectivity index (χ1v) is 7.34. The molecule has 1 fully saturated rings. The molecule has 0 atom stereocenters. The van der Waals surface area contributed by atoms with E-state index in [0.29, 0.717) is 0 Å². The van der Waals surface area contributed by atoms with Gasteiger partial charge < -0.3 is 10.6 Å². The Morgan fingerprint density at radius 3 is 2.37 bits per heavy atom. The molecule has 19 heavy (non-hydrogen) atoms. The summed E-state index contributed by atoms with van der Waals surface area (Å²) in [6, 6.07) is 6.23. The number of aryl methyl sites for hydroxylation is 1. The van der Waals surface area contributed by atoms with E-state index in [1.807, 2.05) is 6.07 Å². The van der Waals surface area contributed by atoms with Crippen LogP contribution in [0.2, 0.25) is 0 Å². The second-order valence-corrected chi connectivity index (χ2v) is 6.16. The molecule has 3 heteroatoms. The lowest BCUT2D eigenvalue weighted by atomic mass is 10.1. The van der Waals surface area contributed by atoms with Gasteiger partial charge in [0.2, 0.25) is 0 Å². The third-order valence-corrected chi connectivity index (χ3v) is 3.86. The third-order valence-electron chi connectivity index (χ3n) is 3.86. The summed E-state index contributed by atoms with van der Waals surface area (Å²) in [6.45, 7) is 13.7. The molecule has 1 heterocycles. The largest absolute Gasteiger partial charge is 0.399 e. The number of piperazine rings is 1. The summed E-state index contributed by atoms with van der Waals surface area (Å²) >= 11 is 0. The normalized spacial score (nSPS) is 18.1. The Morgan fingerprint density at radius 2 is 1.74 bits per heavy atom. The summed E-state index contributed by atoms with van der Waals surface area (Å²) in [5.74, 6) is 0.766. The lowest BCUT2D eigenvalue weighted by Gasteiger charge is -2.35. The lowest BCUT2D eigenvalue weighted by molar-refractivity contribution is 0.117. The second kappa shape index (κ2) is 6.40. The van der Waals surface area contributed by atoms with Gasteiger partial charge in [-0.1, -0.05) is 19.9 Å². The molecule has 2 N–H and O–H groups in total. The Kier molecular flexibility index (Phi) is 4.83. The minimum absolute atomic E-state index is 0.766. The van der Waals surface area contributed by atoms with Gasteiger partial charge in [-0.25, -0.2) is 0 Å². The van der Waals surface area contributed by atoms with Crippen LogP contribution in [-0.2, 0) is 6.54 Å². The number of nitrogens with two attached hydrogens (primary N) is 1. The minimum Gasteiger partial charge on any atom is -0.399 e. The van der Waals surface area contributed by atoms with Crippen molar-refractivity contribution in [3.63, 3.8) is 0 Å². The van der Waals surface area contributed by atoms with Crippen molar-refractivity contribution in [3.05, 3.63) is 29.3 Å². The van der Waals surface area contributed by atoms with E-state index in [9.17, 15) is 0 Å². The van der Waals surface area contributed by atoms with Gasteiger partial charge in [-0.3, -0.25) is 4.90 Å². The fraction of sp³-hybridized carbons (Fsp3) is 0.625. The smallest absolute Gasteiger partial charge is 0.0317 e. The van der Waals surface area contributed by atoms with Crippen molar-refractivity contribution in [3.8, 4) is 0 Å². The maximum absolute atomic E-state index is 5.88. The third kappa shape index (κ3) is 4.22. The SMILES string of the molecule is Cc1ccc(N)cc1CN1CCN(CC(C)C)CC1. The van der Waals surface area contributed by atoms with Gasteiger partial charge in [-0.2, -0.15) is 0 Å². The topological polar surface area (TPSA) is 32.5 Å². The average Bonchev–Trinajstić information content (AvgIpc) is 2.35. The van der Waals surface area contributed by atoms with Crippen molar-refractivity contribution in [2.24, 2.45) is 5.92 Å². The van der Waals surface area contributed by atoms with E-state index < -0.39 is 0 Å². The van der Waals surface area contributed by atoms with Crippen LogP contribution in [0.1, 0.15) is 25.0 Å². The molecular formula is C16H27N3. The molecule has 2 rings (SSSR count). The first-order chi connectivity index (χ1) is 9.04. The highest BCUT2D eigenvalue weighted by Crippen LogP contribution is 2.16. The fourth-order valence-corrected chi connectivity index (χ4v) is 2.75. The number of nitrogen functional groups attached to an aromatic ring is 1. The predicted octanol–water partition coefficient (Wildman–Crippen LogP) is 2.35. The summed E-state index contributed by atoms with van der Waals surface area (Å²) in [6.07, 6.45) is 0. The summed E-state index contributed by atoms with van der Waals surface area (Å²) in [7, 11) is 0. The standard InChI is InChI=1S/C16H27N3/c1-13(2)11-18-6-8-19(9-7-18)12-15-10-16(17)5-4-14(15)3/h4-5,10,13H,6-9,11-12,17H2,1-3H3. The molecule has 0 saturated carbocycles. The van der Waals surface area contributed by atoms with Crippen LogP contribution in [0.5, 0.6) is 0 Å². The van der Waals surface area contributed by atoms with Crippen molar-refractivity contribution >= 4 is 5.69 Å². The van der Waals surface area contributed by atoms with Gasteiger partial charge in [0.25, 0.3) is 0 Å². The van der Waals surface area contributed by atoms with Crippen LogP contribution in [0, 0.1) is 12.8 Å². The monoisotopic (exact) mass is 261 g/mol. The van der Waals surface area contributed by atoms with Crippen molar-refractivity contribution in [2.75, 3.05) is 38.5 Å². The van der Waals surface area contributed by atoms with E-state index in [2.05, 4.69) is 42.7 Å². The van der Waals surface area contributed by atoms with Gasteiger partial charge in [-0.15, -0.1) is 0 Å². The molecule has 0 aliphatic carbocycles. The van der Waals surface area contributed by atoms with Gasteiger partial charge in [0.05, 0.1) is 0 Å². The Bertz CT molecular complexity index is 406. The first kappa shape index (κ1) is 14.4. The summed E-state index contributed by atoms with van der Waals surface area (Å²) in [5, 5.41) is 0. The van der Waals surface area contributed by atoms with Gasteiger partial charge >= 0.3 is 0 Å². The zero-order valence-electron chi connectivity index (χ0n) is 12.5. The molecule has 1 aromatic rings. The zero-order chi connectivity index (χ0) is 13.8. The molecule has 0 aromatic heterocycles. The van der Waals surface area contributed by atoms with Crippen LogP contribution in [0.3, 0.4) is 0 Å². The highest BCUT2D eigenvalue weighted by molar-refractivity contribution is 5.44. The zero-order valence-corrected chi connectivity index (χ0v) is 12.5. The molecule has 3 nitrogen and oxygen atoms in total. The number of benzene rings is 1. The molecule has 1 aromatic carbocycles. The molecule has 0 spiro atoms. The number of hydrogen-bond donors (Lipinski definition) is 1. The maximum atomic E-state index is 5.88. The van der Waals surface area contributed by atoms with Crippen molar-refractivity contribution in [1.29, 1.82) is 0 Å².